The average Bonchev–Trinajstić information content (AvgIpc) is 3.33. The van der Waals surface area contributed by atoms with Crippen molar-refractivity contribution >= 4 is 63.1 Å². The Morgan fingerprint density at radius 3 is 2.75 bits per heavy atom. The molecule has 1 fully saturated rings. The van der Waals surface area contributed by atoms with E-state index in [9.17, 15) is 9.59 Å². The van der Waals surface area contributed by atoms with E-state index in [1.807, 2.05) is 37.4 Å². The Morgan fingerprint density at radius 2 is 1.97 bits per heavy atom. The Hall–Kier alpha value is -2.61. The maximum Gasteiger partial charge on any atom is 0.265 e. The maximum atomic E-state index is 13.4. The number of carbonyl (C=O) groups excluding carboxylic acids is 2. The summed E-state index contributed by atoms with van der Waals surface area (Å²) in [5.41, 5.74) is 3.91. The lowest BCUT2D eigenvalue weighted by atomic mass is 10.1. The minimum Gasteiger partial charge on any atom is -0.320 e. The lowest BCUT2D eigenvalue weighted by molar-refractivity contribution is 0.0848. The fourth-order valence-electron chi connectivity index (χ4n) is 3.29. The summed E-state index contributed by atoms with van der Waals surface area (Å²) in [7, 11) is 0. The first-order chi connectivity index (χ1) is 15.4. The number of aryl methyl sites for hydroxylation is 2. The molecule has 2 aromatic carbocycles. The molecule has 1 aliphatic heterocycles. The Morgan fingerprint density at radius 1 is 1.12 bits per heavy atom. The molecule has 1 aliphatic rings. The third kappa shape index (κ3) is 5.06. The van der Waals surface area contributed by atoms with Crippen molar-refractivity contribution in [2.24, 2.45) is 4.99 Å². The smallest absolute Gasteiger partial charge is 0.265 e. The van der Waals surface area contributed by atoms with Gasteiger partial charge in [-0.15, -0.1) is 11.3 Å². The zero-order valence-electron chi connectivity index (χ0n) is 17.7. The van der Waals surface area contributed by atoms with Gasteiger partial charge in [0.25, 0.3) is 11.8 Å². The number of amides is 2. The minimum atomic E-state index is -0.253. The van der Waals surface area contributed by atoms with Gasteiger partial charge in [-0.3, -0.25) is 14.5 Å². The van der Waals surface area contributed by atoms with Crippen molar-refractivity contribution in [2.75, 3.05) is 17.6 Å². The van der Waals surface area contributed by atoms with Gasteiger partial charge in [-0.05, 0) is 67.1 Å². The molecule has 2 heterocycles. The first-order valence-electron chi connectivity index (χ1n) is 10.2. The summed E-state index contributed by atoms with van der Waals surface area (Å²) in [4.78, 5) is 33.0. The highest BCUT2D eigenvalue weighted by atomic mass is 35.5. The molecular weight excluding hydrogens is 462 g/mol. The van der Waals surface area contributed by atoms with Crippen LogP contribution < -0.4 is 5.32 Å². The van der Waals surface area contributed by atoms with Crippen molar-refractivity contribution in [1.82, 2.24) is 4.90 Å². The van der Waals surface area contributed by atoms with Crippen LogP contribution in [-0.2, 0) is 0 Å². The van der Waals surface area contributed by atoms with Gasteiger partial charge in [-0.25, -0.2) is 4.99 Å². The van der Waals surface area contributed by atoms with Crippen LogP contribution in [0.5, 0.6) is 0 Å². The normalized spacial score (nSPS) is 15.1. The van der Waals surface area contributed by atoms with Gasteiger partial charge in [0, 0.05) is 17.9 Å². The molecule has 1 N–H and O–H groups in total. The molecule has 8 heteroatoms. The van der Waals surface area contributed by atoms with Crippen LogP contribution in [0.4, 0.5) is 11.4 Å². The predicted octanol–water partition coefficient (Wildman–Crippen LogP) is 6.54. The minimum absolute atomic E-state index is 0.162. The number of aliphatic imine (C=N–C) groups is 1. The van der Waals surface area contributed by atoms with E-state index in [0.717, 1.165) is 29.0 Å². The van der Waals surface area contributed by atoms with E-state index in [0.29, 0.717) is 32.9 Å². The van der Waals surface area contributed by atoms with Gasteiger partial charge in [0.2, 0.25) is 0 Å². The highest BCUT2D eigenvalue weighted by molar-refractivity contribution is 8.13. The summed E-state index contributed by atoms with van der Waals surface area (Å²) in [5, 5.41) is 5.71. The first-order valence-corrected chi connectivity index (χ1v) is 12.4. The zero-order chi connectivity index (χ0) is 22.7. The number of thioether (sulfide) groups is 1. The Balaban J connectivity index is 1.61. The summed E-state index contributed by atoms with van der Waals surface area (Å²) < 4.78 is 0. The van der Waals surface area contributed by atoms with Gasteiger partial charge in [0.15, 0.2) is 5.17 Å². The number of halogens is 1. The van der Waals surface area contributed by atoms with Crippen LogP contribution in [0.1, 0.15) is 37.6 Å². The van der Waals surface area contributed by atoms with E-state index in [4.69, 9.17) is 16.6 Å². The van der Waals surface area contributed by atoms with E-state index in [-0.39, 0.29) is 11.8 Å². The molecule has 0 spiro atoms. The van der Waals surface area contributed by atoms with Gasteiger partial charge in [-0.1, -0.05) is 41.6 Å². The largest absolute Gasteiger partial charge is 0.320 e. The van der Waals surface area contributed by atoms with Crippen LogP contribution in [0.25, 0.3) is 0 Å². The van der Waals surface area contributed by atoms with Gasteiger partial charge >= 0.3 is 0 Å². The van der Waals surface area contributed by atoms with E-state index >= 15 is 0 Å². The number of benzene rings is 2. The highest BCUT2D eigenvalue weighted by Crippen LogP contribution is 2.29. The summed E-state index contributed by atoms with van der Waals surface area (Å²) in [5.74, 6) is 0.498. The standard InChI is InChI=1S/C24H22ClN3O2S2/c1-15-6-7-16(2)19(13-15)27-24-28(10-4-12-32-24)23(30)17-8-9-18(25)20(14-17)26-22(29)21-5-3-11-31-21/h3,5-9,11,13-14H,4,10,12H2,1-2H3,(H,26,29). The Bertz CT molecular complexity index is 1190. The Kier molecular flexibility index (Phi) is 6.98. The number of rotatable bonds is 4. The number of nitrogens with one attached hydrogen (secondary N) is 1. The molecule has 0 aliphatic carbocycles. The van der Waals surface area contributed by atoms with E-state index in [1.54, 1.807) is 40.9 Å². The molecule has 3 aromatic rings. The fraction of sp³-hybridized carbons (Fsp3) is 0.208. The van der Waals surface area contributed by atoms with E-state index in [2.05, 4.69) is 11.4 Å². The number of anilines is 1. The molecule has 0 unspecified atom stereocenters. The summed E-state index contributed by atoms with van der Waals surface area (Å²) in [6.07, 6.45) is 0.887. The SMILES string of the molecule is Cc1ccc(C)c(N=C2SCCCN2C(=O)c2ccc(Cl)c(NC(=O)c3cccs3)c2)c1. The molecule has 5 nitrogen and oxygen atoms in total. The predicted molar refractivity (Wildman–Crippen MR) is 135 cm³/mol. The molecule has 164 valence electrons. The lowest BCUT2D eigenvalue weighted by Crippen LogP contribution is -2.39. The summed E-state index contributed by atoms with van der Waals surface area (Å²) in [6.45, 7) is 4.63. The number of carbonyl (C=O) groups is 2. The van der Waals surface area contributed by atoms with Crippen molar-refractivity contribution in [3.05, 3.63) is 80.5 Å². The molecule has 0 bridgehead atoms. The number of hydrogen-bond acceptors (Lipinski definition) is 5. The van der Waals surface area contributed by atoms with Crippen LogP contribution in [0.2, 0.25) is 5.02 Å². The zero-order valence-corrected chi connectivity index (χ0v) is 20.1. The molecule has 4 rings (SSSR count). The summed E-state index contributed by atoms with van der Waals surface area (Å²) in [6, 6.07) is 14.6. The van der Waals surface area contributed by atoms with Gasteiger partial charge in [0.1, 0.15) is 0 Å². The highest BCUT2D eigenvalue weighted by Gasteiger charge is 2.26. The number of hydrogen-bond donors (Lipinski definition) is 1. The van der Waals surface area contributed by atoms with Gasteiger partial charge in [-0.2, -0.15) is 0 Å². The number of thiophene rings is 1. The van der Waals surface area contributed by atoms with Crippen molar-refractivity contribution in [3.8, 4) is 0 Å². The van der Waals surface area contributed by atoms with Crippen LogP contribution >= 0.6 is 34.7 Å². The molecule has 2 amide bonds. The maximum absolute atomic E-state index is 13.4. The second kappa shape index (κ2) is 9.90. The topological polar surface area (TPSA) is 61.8 Å². The fourth-order valence-corrected chi connectivity index (χ4v) is 5.02. The number of nitrogens with zero attached hydrogens (tertiary/aromatic N) is 2. The average molecular weight is 484 g/mol. The van der Waals surface area contributed by atoms with Crippen LogP contribution in [-0.4, -0.2) is 34.2 Å². The number of amidine groups is 1. The molecule has 1 aromatic heterocycles. The van der Waals surface area contributed by atoms with Crippen molar-refractivity contribution in [3.63, 3.8) is 0 Å². The van der Waals surface area contributed by atoms with Gasteiger partial charge in [0.05, 0.1) is 21.3 Å². The van der Waals surface area contributed by atoms with E-state index in [1.165, 1.54) is 11.3 Å². The quantitative estimate of drug-likeness (QED) is 0.458. The molecular formula is C24H22ClN3O2S2. The first kappa shape index (κ1) is 22.6. The molecule has 1 saturated heterocycles. The molecule has 0 saturated carbocycles. The van der Waals surface area contributed by atoms with Crippen LogP contribution in [0, 0.1) is 13.8 Å². The van der Waals surface area contributed by atoms with Crippen LogP contribution in [0.3, 0.4) is 0 Å². The van der Waals surface area contributed by atoms with Gasteiger partial charge < -0.3 is 5.32 Å². The van der Waals surface area contributed by atoms with Crippen molar-refractivity contribution in [2.45, 2.75) is 20.3 Å². The van der Waals surface area contributed by atoms with Crippen molar-refractivity contribution < 1.29 is 9.59 Å². The molecule has 0 atom stereocenters. The van der Waals surface area contributed by atoms with Crippen LogP contribution in [0.15, 0.2) is 58.9 Å². The van der Waals surface area contributed by atoms with Crippen molar-refractivity contribution in [1.29, 1.82) is 0 Å². The monoisotopic (exact) mass is 483 g/mol. The van der Waals surface area contributed by atoms with E-state index < -0.39 is 0 Å². The lowest BCUT2D eigenvalue weighted by Gasteiger charge is -2.28. The summed E-state index contributed by atoms with van der Waals surface area (Å²) >= 11 is 9.22. The Labute approximate surface area is 200 Å². The second-order valence-electron chi connectivity index (χ2n) is 7.47. The molecule has 32 heavy (non-hydrogen) atoms. The second-order valence-corrected chi connectivity index (χ2v) is 9.89. The third-order valence-corrected chi connectivity index (χ3v) is 7.28. The third-order valence-electron chi connectivity index (χ3n) is 5.02. The molecule has 0 radical (unpaired) electrons.